The number of nitrogens with zero attached hydrogens (tertiary/aromatic N) is 1. The normalized spacial score (nSPS) is 26.5. The third kappa shape index (κ3) is 4.24. The van der Waals surface area contributed by atoms with Gasteiger partial charge in [0.05, 0.1) is 10.8 Å². The Morgan fingerprint density at radius 2 is 1.93 bits per heavy atom. The number of rotatable bonds is 7. The molecule has 0 aromatic heterocycles. The number of carbonyl (C=O) groups is 4. The maximum Gasteiger partial charge on any atom is 0.345 e. The number of carbonyl (C=O) groups excluding carboxylic acids is 4. The lowest BCUT2D eigenvalue weighted by Crippen LogP contribution is -2.71. The lowest BCUT2D eigenvalue weighted by molar-refractivity contribution is -0.163. The molecule has 0 saturated carbocycles. The van der Waals surface area contributed by atoms with Crippen molar-refractivity contribution in [3.63, 3.8) is 0 Å². The smallest absolute Gasteiger partial charge is 0.345 e. The highest BCUT2D eigenvalue weighted by Crippen LogP contribution is 2.51. The molecule has 0 aromatic rings. The molecule has 3 saturated heterocycles. The zero-order valence-corrected chi connectivity index (χ0v) is 19.4. The Kier molecular flexibility index (Phi) is 7.13. The Morgan fingerprint density at radius 1 is 1.27 bits per heavy atom. The van der Waals surface area contributed by atoms with Gasteiger partial charge in [0.15, 0.2) is 0 Å². The van der Waals surface area contributed by atoms with Gasteiger partial charge in [-0.05, 0) is 20.8 Å². The fourth-order valence-corrected chi connectivity index (χ4v) is 7.62. The van der Waals surface area contributed by atoms with Gasteiger partial charge in [-0.15, -0.1) is 35.3 Å². The first-order valence-corrected chi connectivity index (χ1v) is 12.3. The molecule has 0 aromatic carbocycles. The minimum absolute atomic E-state index is 0.0557. The van der Waals surface area contributed by atoms with Gasteiger partial charge in [0.2, 0.25) is 5.91 Å². The number of esters is 2. The second-order valence-electron chi connectivity index (χ2n) is 7.21. The van der Waals surface area contributed by atoms with Crippen LogP contribution >= 0.6 is 35.3 Å². The number of nitrogens with one attached hydrogen (secondary N) is 1. The van der Waals surface area contributed by atoms with E-state index in [0.717, 1.165) is 11.5 Å². The zero-order chi connectivity index (χ0) is 22.1. The number of hydrogen-bond acceptors (Lipinski definition) is 9. The van der Waals surface area contributed by atoms with Crippen LogP contribution in [0.5, 0.6) is 0 Å². The van der Waals surface area contributed by atoms with Crippen molar-refractivity contribution < 1.29 is 28.7 Å². The molecule has 30 heavy (non-hydrogen) atoms. The Balaban J connectivity index is 1.76. The summed E-state index contributed by atoms with van der Waals surface area (Å²) in [6, 6.07) is -1.57. The maximum absolute atomic E-state index is 12.9. The molecule has 0 radical (unpaired) electrons. The van der Waals surface area contributed by atoms with Crippen LogP contribution in [0.15, 0.2) is 22.5 Å². The molecule has 3 fully saturated rings. The first kappa shape index (κ1) is 23.1. The molecule has 2 amide bonds. The molecule has 3 aliphatic rings. The average molecular weight is 473 g/mol. The number of thioether (sulfide) groups is 3. The summed E-state index contributed by atoms with van der Waals surface area (Å²) in [6.45, 7) is 9.13. The molecule has 0 bridgehead atoms. The predicted octanol–water partition coefficient (Wildman–Crippen LogP) is 1.52. The van der Waals surface area contributed by atoms with E-state index in [4.69, 9.17) is 9.47 Å². The maximum atomic E-state index is 12.9. The van der Waals surface area contributed by atoms with Crippen LogP contribution in [-0.4, -0.2) is 75.6 Å². The van der Waals surface area contributed by atoms with Crippen molar-refractivity contribution in [2.45, 2.75) is 43.0 Å². The first-order chi connectivity index (χ1) is 14.2. The molecule has 0 spiro atoms. The van der Waals surface area contributed by atoms with E-state index in [1.165, 1.54) is 46.3 Å². The molecule has 3 heterocycles. The molecule has 3 aliphatic heterocycles. The minimum atomic E-state index is -0.819. The summed E-state index contributed by atoms with van der Waals surface area (Å²) < 4.78 is 10.2. The minimum Gasteiger partial charge on any atom is -0.462 e. The van der Waals surface area contributed by atoms with E-state index >= 15 is 0 Å². The summed E-state index contributed by atoms with van der Waals surface area (Å²) in [5.41, 5.74) is -0.0557. The summed E-state index contributed by atoms with van der Waals surface area (Å²) >= 11 is 4.28. The van der Waals surface area contributed by atoms with Crippen molar-refractivity contribution in [2.24, 2.45) is 0 Å². The van der Waals surface area contributed by atoms with Crippen molar-refractivity contribution >= 4 is 59.0 Å². The van der Waals surface area contributed by atoms with Crippen LogP contribution in [0.2, 0.25) is 0 Å². The summed E-state index contributed by atoms with van der Waals surface area (Å²) in [5.74, 6) is -0.589. The number of amides is 2. The highest BCUT2D eigenvalue weighted by molar-refractivity contribution is 8.25. The SMILES string of the molecule is C=CCOC(=O)C1N2C(=O)[C@@H](NC(=O)C(C(=O)OCC)=C3SCCS3)[C@H]2SC1(C)C. The van der Waals surface area contributed by atoms with Gasteiger partial charge in [-0.25, -0.2) is 9.59 Å². The fraction of sp³-hybridized carbons (Fsp3) is 0.579. The third-order valence-electron chi connectivity index (χ3n) is 4.75. The van der Waals surface area contributed by atoms with Crippen LogP contribution in [0.25, 0.3) is 0 Å². The Labute approximate surface area is 187 Å². The van der Waals surface area contributed by atoms with Crippen LogP contribution in [0.3, 0.4) is 0 Å². The molecular weight excluding hydrogens is 448 g/mol. The van der Waals surface area contributed by atoms with Gasteiger partial charge in [0, 0.05) is 16.3 Å². The van der Waals surface area contributed by atoms with Gasteiger partial charge in [-0.3, -0.25) is 9.59 Å². The van der Waals surface area contributed by atoms with Gasteiger partial charge in [-0.2, -0.15) is 0 Å². The van der Waals surface area contributed by atoms with Gasteiger partial charge in [-0.1, -0.05) is 12.7 Å². The standard InChI is InChI=1S/C19H24N2O6S3/c1-5-7-27-17(25)12-19(3,4)30-15-11(14(23)21(12)15)20-13(22)10(16(24)26-6-2)18-28-8-9-29-18/h5,11-12,15H,1,6-9H2,2-4H3,(H,20,22)/t11-,12?,15-/m1/s1. The largest absolute Gasteiger partial charge is 0.462 e. The zero-order valence-electron chi connectivity index (χ0n) is 17.0. The third-order valence-corrected chi connectivity index (χ3v) is 9.04. The number of β-lactam (4-membered cyclic amide) rings is 1. The van der Waals surface area contributed by atoms with E-state index in [2.05, 4.69) is 11.9 Å². The quantitative estimate of drug-likeness (QED) is 0.148. The van der Waals surface area contributed by atoms with Gasteiger partial charge in [0.1, 0.15) is 29.6 Å². The number of ether oxygens (including phenoxy) is 2. The molecule has 0 aliphatic carbocycles. The fourth-order valence-electron chi connectivity index (χ4n) is 3.49. The van der Waals surface area contributed by atoms with Crippen molar-refractivity contribution in [1.82, 2.24) is 10.2 Å². The first-order valence-electron chi connectivity index (χ1n) is 9.48. The lowest BCUT2D eigenvalue weighted by Gasteiger charge is -2.43. The van der Waals surface area contributed by atoms with Crippen LogP contribution in [0.1, 0.15) is 20.8 Å². The Morgan fingerprint density at radius 3 is 2.53 bits per heavy atom. The second-order valence-corrected chi connectivity index (χ2v) is 11.4. The van der Waals surface area contributed by atoms with Crippen LogP contribution in [0, 0.1) is 0 Å². The van der Waals surface area contributed by atoms with Crippen LogP contribution < -0.4 is 5.32 Å². The molecule has 3 atom stereocenters. The number of hydrogen-bond donors (Lipinski definition) is 1. The van der Waals surface area contributed by atoms with E-state index in [1.807, 2.05) is 13.8 Å². The average Bonchev–Trinajstić information content (AvgIpc) is 3.29. The lowest BCUT2D eigenvalue weighted by atomic mass is 9.96. The van der Waals surface area contributed by atoms with E-state index < -0.39 is 40.1 Å². The summed E-state index contributed by atoms with van der Waals surface area (Å²) in [4.78, 5) is 52.1. The molecule has 1 unspecified atom stereocenters. The topological polar surface area (TPSA) is 102 Å². The van der Waals surface area contributed by atoms with Crippen molar-refractivity contribution in [3.05, 3.63) is 22.5 Å². The van der Waals surface area contributed by atoms with E-state index in [0.29, 0.717) is 4.24 Å². The molecule has 3 rings (SSSR count). The molecule has 164 valence electrons. The summed E-state index contributed by atoms with van der Waals surface area (Å²) in [6.07, 6.45) is 1.47. The van der Waals surface area contributed by atoms with Gasteiger partial charge >= 0.3 is 11.9 Å². The molecule has 11 heteroatoms. The highest BCUT2D eigenvalue weighted by Gasteiger charge is 2.64. The predicted molar refractivity (Wildman–Crippen MR) is 118 cm³/mol. The number of fused-ring (bicyclic) bond motifs is 1. The molecule has 1 N–H and O–H groups in total. The van der Waals surface area contributed by atoms with Crippen molar-refractivity contribution in [1.29, 1.82) is 0 Å². The molecule has 8 nitrogen and oxygen atoms in total. The second kappa shape index (κ2) is 9.27. The molecular formula is C19H24N2O6S3. The van der Waals surface area contributed by atoms with E-state index in [1.54, 1.807) is 6.92 Å². The van der Waals surface area contributed by atoms with Crippen molar-refractivity contribution in [2.75, 3.05) is 24.7 Å². The summed E-state index contributed by atoms with van der Waals surface area (Å²) in [7, 11) is 0. The van der Waals surface area contributed by atoms with Gasteiger partial charge < -0.3 is 19.7 Å². The van der Waals surface area contributed by atoms with Crippen LogP contribution in [0.4, 0.5) is 0 Å². The van der Waals surface area contributed by atoms with Crippen LogP contribution in [-0.2, 0) is 28.7 Å². The Hall–Kier alpha value is -1.59. The van der Waals surface area contributed by atoms with Crippen molar-refractivity contribution in [3.8, 4) is 0 Å². The van der Waals surface area contributed by atoms with E-state index in [9.17, 15) is 19.2 Å². The monoisotopic (exact) mass is 472 g/mol. The van der Waals surface area contributed by atoms with E-state index in [-0.39, 0.29) is 24.7 Å². The summed E-state index contributed by atoms with van der Waals surface area (Å²) in [5, 5.41) is 2.28. The van der Waals surface area contributed by atoms with Gasteiger partial charge in [0.25, 0.3) is 5.91 Å². The highest BCUT2D eigenvalue weighted by atomic mass is 32.2. The Bertz CT molecular complexity index is 804.